The lowest BCUT2D eigenvalue weighted by Crippen LogP contribution is -2.56. The summed E-state index contributed by atoms with van der Waals surface area (Å²) in [4.78, 5) is 12.4. The van der Waals surface area contributed by atoms with Crippen molar-refractivity contribution in [1.82, 2.24) is 16.0 Å². The lowest BCUT2D eigenvalue weighted by Gasteiger charge is -2.34. The molecule has 1 amide bonds. The first-order valence-corrected chi connectivity index (χ1v) is 10.7. The summed E-state index contributed by atoms with van der Waals surface area (Å²) in [6.07, 6.45) is -5.13. The Morgan fingerprint density at radius 2 is 1.44 bits per heavy atom. The molecule has 0 spiro atoms. The van der Waals surface area contributed by atoms with E-state index in [1.807, 2.05) is 0 Å². The van der Waals surface area contributed by atoms with E-state index < -0.39 is 29.2 Å². The second-order valence-electron chi connectivity index (χ2n) is 8.05. The second kappa shape index (κ2) is 9.82. The van der Waals surface area contributed by atoms with Crippen molar-refractivity contribution in [1.29, 1.82) is 0 Å². The van der Waals surface area contributed by atoms with Crippen molar-refractivity contribution in [2.24, 2.45) is 0 Å². The van der Waals surface area contributed by atoms with Gasteiger partial charge in [-0.3, -0.25) is 4.79 Å². The Labute approximate surface area is 186 Å². The monoisotopic (exact) mass is 482 g/mol. The molecule has 1 aromatic rings. The molecule has 32 heavy (non-hydrogen) atoms. The predicted molar refractivity (Wildman–Crippen MR) is 111 cm³/mol. The van der Waals surface area contributed by atoms with Crippen molar-refractivity contribution in [3.8, 4) is 0 Å². The van der Waals surface area contributed by atoms with Crippen LogP contribution in [-0.2, 0) is 17.1 Å². The van der Waals surface area contributed by atoms with Crippen LogP contribution in [0.5, 0.6) is 0 Å². The van der Waals surface area contributed by atoms with Gasteiger partial charge in [0.1, 0.15) is 0 Å². The number of hydrogen-bond donors (Lipinski definition) is 4. The number of amides is 1. The average Bonchev–Trinajstić information content (AvgIpc) is 3.23. The maximum Gasteiger partial charge on any atom is 0.416 e. The maximum absolute atomic E-state index is 13.1. The number of carbonyl (C=O) groups excluding carboxylic acids is 1. The molecule has 1 saturated heterocycles. The molecule has 12 heteroatoms. The van der Waals surface area contributed by atoms with Gasteiger partial charge in [0, 0.05) is 17.8 Å². The fourth-order valence-corrected chi connectivity index (χ4v) is 4.30. The molecule has 5 nitrogen and oxygen atoms in total. The highest BCUT2D eigenvalue weighted by Crippen LogP contribution is 2.37. The van der Waals surface area contributed by atoms with Crippen molar-refractivity contribution in [3.05, 3.63) is 29.3 Å². The van der Waals surface area contributed by atoms with E-state index in [0.717, 1.165) is 32.2 Å². The van der Waals surface area contributed by atoms with Gasteiger partial charge in [0.2, 0.25) is 5.91 Å². The van der Waals surface area contributed by atoms with E-state index in [4.69, 9.17) is 12.2 Å². The Morgan fingerprint density at radius 1 is 0.875 bits per heavy atom. The zero-order valence-electron chi connectivity index (χ0n) is 17.0. The lowest BCUT2D eigenvalue weighted by molar-refractivity contribution is -0.143. The molecule has 0 unspecified atom stereocenters. The predicted octanol–water partition coefficient (Wildman–Crippen LogP) is 4.19. The molecule has 4 N–H and O–H groups in total. The Balaban J connectivity index is 1.68. The number of benzene rings is 1. The summed E-state index contributed by atoms with van der Waals surface area (Å²) in [5, 5.41) is 11.4. The quantitative estimate of drug-likeness (QED) is 0.383. The molecule has 0 radical (unpaired) electrons. The highest BCUT2D eigenvalue weighted by molar-refractivity contribution is 7.80. The highest BCUT2D eigenvalue weighted by Gasteiger charge is 2.37. The average molecular weight is 482 g/mol. The van der Waals surface area contributed by atoms with Gasteiger partial charge in [-0.2, -0.15) is 26.3 Å². The number of halogens is 6. The van der Waals surface area contributed by atoms with Gasteiger partial charge in [0.05, 0.1) is 17.2 Å². The summed E-state index contributed by atoms with van der Waals surface area (Å²) in [6, 6.07) is 0.427. The van der Waals surface area contributed by atoms with E-state index in [-0.39, 0.29) is 35.2 Å². The van der Waals surface area contributed by atoms with Gasteiger partial charge in [-0.05, 0) is 62.6 Å². The molecule has 0 aromatic heterocycles. The summed E-state index contributed by atoms with van der Waals surface area (Å²) in [7, 11) is 0. The smallest absolute Gasteiger partial charge is 0.358 e. The molecule has 1 heterocycles. The number of alkyl halides is 6. The van der Waals surface area contributed by atoms with Gasteiger partial charge in [-0.15, -0.1) is 0 Å². The molecule has 2 fully saturated rings. The number of hydrogen-bond acceptors (Lipinski definition) is 3. The molecule has 178 valence electrons. The summed E-state index contributed by atoms with van der Waals surface area (Å²) in [6.45, 7) is 0.773. The van der Waals surface area contributed by atoms with Crippen molar-refractivity contribution in [2.75, 3.05) is 11.9 Å². The van der Waals surface area contributed by atoms with Gasteiger partial charge >= 0.3 is 12.4 Å². The van der Waals surface area contributed by atoms with Crippen molar-refractivity contribution in [2.45, 2.75) is 69.0 Å². The minimum Gasteiger partial charge on any atom is -0.358 e. The minimum absolute atomic E-state index is 0.0609. The molecule has 1 aliphatic carbocycles. The Bertz CT molecular complexity index is 806. The molecule has 1 aromatic carbocycles. The largest absolute Gasteiger partial charge is 0.416 e. The number of anilines is 1. The maximum atomic E-state index is 13.1. The van der Waals surface area contributed by atoms with Crippen molar-refractivity contribution < 1.29 is 31.1 Å². The van der Waals surface area contributed by atoms with E-state index in [1.165, 1.54) is 0 Å². The van der Waals surface area contributed by atoms with Crippen LogP contribution in [0, 0.1) is 0 Å². The van der Waals surface area contributed by atoms with Crippen LogP contribution in [0.2, 0.25) is 0 Å². The number of nitrogens with one attached hydrogen (secondary N) is 4. The normalized spacial score (nSPS) is 24.1. The van der Waals surface area contributed by atoms with E-state index in [2.05, 4.69) is 21.3 Å². The van der Waals surface area contributed by atoms with Crippen LogP contribution in [0.1, 0.15) is 49.7 Å². The fourth-order valence-electron chi connectivity index (χ4n) is 4.03. The van der Waals surface area contributed by atoms with E-state index in [1.54, 1.807) is 0 Å². The van der Waals surface area contributed by atoms with Gasteiger partial charge in [0.15, 0.2) is 5.11 Å². The first kappa shape index (κ1) is 24.6. The molecule has 3 atom stereocenters. The van der Waals surface area contributed by atoms with Gasteiger partial charge in [0.25, 0.3) is 0 Å². The molecule has 3 rings (SSSR count). The summed E-state index contributed by atoms with van der Waals surface area (Å²) < 4.78 is 78.3. The zero-order valence-corrected chi connectivity index (χ0v) is 17.8. The Hall–Kier alpha value is -2.08. The van der Waals surface area contributed by atoms with Crippen molar-refractivity contribution >= 4 is 28.9 Å². The third-order valence-corrected chi connectivity index (χ3v) is 5.85. The number of rotatable bonds is 4. The van der Waals surface area contributed by atoms with Gasteiger partial charge < -0.3 is 21.3 Å². The molecular weight excluding hydrogens is 458 g/mol. The summed E-state index contributed by atoms with van der Waals surface area (Å²) in [5.74, 6) is -0.118. The van der Waals surface area contributed by atoms with Crippen LogP contribution < -0.4 is 21.3 Å². The van der Waals surface area contributed by atoms with Gasteiger partial charge in [-0.25, -0.2) is 0 Å². The van der Waals surface area contributed by atoms with Crippen LogP contribution in [0.25, 0.3) is 0 Å². The summed E-state index contributed by atoms with van der Waals surface area (Å²) in [5.41, 5.74) is -3.27. The van der Waals surface area contributed by atoms with E-state index >= 15 is 0 Å². The number of carbonyl (C=O) groups is 1. The summed E-state index contributed by atoms with van der Waals surface area (Å²) >= 11 is 5.15. The first-order valence-electron chi connectivity index (χ1n) is 10.3. The van der Waals surface area contributed by atoms with E-state index in [9.17, 15) is 31.1 Å². The molecule has 2 aliphatic rings. The minimum atomic E-state index is -4.94. The van der Waals surface area contributed by atoms with E-state index in [0.29, 0.717) is 25.0 Å². The molecular formula is C20H24F6N4OS. The molecule has 1 aliphatic heterocycles. The molecule has 0 bridgehead atoms. The van der Waals surface area contributed by atoms with Crippen LogP contribution in [0.15, 0.2) is 18.2 Å². The van der Waals surface area contributed by atoms with Crippen LogP contribution in [-0.4, -0.2) is 35.7 Å². The Morgan fingerprint density at radius 3 is 1.94 bits per heavy atom. The topological polar surface area (TPSA) is 65.2 Å². The zero-order chi connectivity index (χ0) is 23.5. The Kier molecular flexibility index (Phi) is 7.53. The third kappa shape index (κ3) is 6.47. The van der Waals surface area contributed by atoms with Crippen LogP contribution >= 0.6 is 12.2 Å². The second-order valence-corrected chi connectivity index (χ2v) is 8.46. The van der Waals surface area contributed by atoms with Gasteiger partial charge in [-0.1, -0.05) is 12.8 Å². The van der Waals surface area contributed by atoms with Crippen LogP contribution in [0.3, 0.4) is 0 Å². The fraction of sp³-hybridized carbons (Fsp3) is 0.600. The van der Waals surface area contributed by atoms with Crippen LogP contribution in [0.4, 0.5) is 32.0 Å². The van der Waals surface area contributed by atoms with Crippen molar-refractivity contribution in [3.63, 3.8) is 0 Å². The SMILES string of the molecule is O=C(N[C@@H]1CCCC[C@H]1NC(=S)Nc1cc(C(F)(F)F)cc(C(F)(F)F)c1)[C@@H]1CCCN1. The highest BCUT2D eigenvalue weighted by atomic mass is 32.1. The number of thiocarbonyl (C=S) groups is 1. The first-order chi connectivity index (χ1) is 14.9. The third-order valence-electron chi connectivity index (χ3n) is 5.63. The standard InChI is InChI=1S/C20H24F6N4OS/c21-19(22,23)11-8-12(20(24,25)26)10-13(9-11)28-18(32)30-15-5-2-1-4-14(15)29-17(31)16-6-3-7-27-16/h8-10,14-16,27H,1-7H2,(H,29,31)(H2,28,30,32)/t14-,15-,16+/m1/s1. The lowest BCUT2D eigenvalue weighted by atomic mass is 9.90. The molecule has 1 saturated carbocycles.